The van der Waals surface area contributed by atoms with Crippen LogP contribution < -0.4 is 0 Å². The molecule has 0 radical (unpaired) electrons. The fourth-order valence-electron chi connectivity index (χ4n) is 4.02. The molecular formula is C23H28O4S. The zero-order chi connectivity index (χ0) is 20.7. The van der Waals surface area contributed by atoms with Gasteiger partial charge in [-0.25, -0.2) is 8.42 Å². The van der Waals surface area contributed by atoms with Gasteiger partial charge in [-0.05, 0) is 58.1 Å². The van der Waals surface area contributed by atoms with E-state index in [1.807, 2.05) is 6.07 Å². The molecular weight excluding hydrogens is 372 g/mol. The lowest BCUT2D eigenvalue weighted by Crippen LogP contribution is -2.33. The molecule has 0 fully saturated rings. The molecule has 2 aromatic carbocycles. The number of benzene rings is 2. The van der Waals surface area contributed by atoms with Gasteiger partial charge in [-0.3, -0.25) is 4.79 Å². The molecule has 1 aliphatic rings. The number of hydrogen-bond acceptors (Lipinski definition) is 3. The van der Waals surface area contributed by atoms with E-state index in [1.165, 1.54) is 23.3 Å². The summed E-state index contributed by atoms with van der Waals surface area (Å²) >= 11 is 0. The summed E-state index contributed by atoms with van der Waals surface area (Å²) in [6, 6.07) is 12.2. The Hall–Kier alpha value is -2.14. The topological polar surface area (TPSA) is 71.4 Å². The van der Waals surface area contributed by atoms with Gasteiger partial charge in [-0.1, -0.05) is 58.0 Å². The second-order valence-electron chi connectivity index (χ2n) is 9.12. The number of rotatable bonds is 5. The molecule has 0 atom stereocenters. The third kappa shape index (κ3) is 4.14. The van der Waals surface area contributed by atoms with Gasteiger partial charge in [-0.2, -0.15) is 0 Å². The van der Waals surface area contributed by atoms with Gasteiger partial charge in [0.05, 0.1) is 17.1 Å². The molecule has 2 aromatic rings. The lowest BCUT2D eigenvalue weighted by atomic mass is 9.63. The molecule has 150 valence electrons. The first-order chi connectivity index (χ1) is 12.9. The summed E-state index contributed by atoms with van der Waals surface area (Å²) in [7, 11) is -3.50. The van der Waals surface area contributed by atoms with E-state index in [9.17, 15) is 13.2 Å². The molecule has 0 amide bonds. The molecule has 0 heterocycles. The van der Waals surface area contributed by atoms with Crippen LogP contribution in [0.4, 0.5) is 0 Å². The van der Waals surface area contributed by atoms with Gasteiger partial charge >= 0.3 is 5.97 Å². The predicted octanol–water partition coefficient (Wildman–Crippen LogP) is 4.64. The van der Waals surface area contributed by atoms with E-state index in [0.29, 0.717) is 5.56 Å². The van der Waals surface area contributed by atoms with Crippen LogP contribution in [0.5, 0.6) is 0 Å². The van der Waals surface area contributed by atoms with E-state index >= 15 is 0 Å². The standard InChI is InChI=1S/C23H28O4S/c1-22(2)11-12-23(3,4)20-13-17(7-10-19(20)22)15-28(26,27)18-8-5-16(6-9-18)14-21(24)25/h5-10,13H,11-12,14-15H2,1-4H3,(H,24,25). The average molecular weight is 401 g/mol. The minimum Gasteiger partial charge on any atom is -0.481 e. The second-order valence-corrected chi connectivity index (χ2v) is 11.1. The molecule has 0 spiro atoms. The minimum absolute atomic E-state index is 0.0309. The lowest BCUT2D eigenvalue weighted by Gasteiger charge is -2.42. The Bertz CT molecular complexity index is 999. The van der Waals surface area contributed by atoms with Crippen molar-refractivity contribution >= 4 is 15.8 Å². The number of carboxylic acid groups (broad SMARTS) is 1. The zero-order valence-corrected chi connectivity index (χ0v) is 17.8. The quantitative estimate of drug-likeness (QED) is 0.794. The second kappa shape index (κ2) is 7.03. The van der Waals surface area contributed by atoms with Crippen molar-refractivity contribution in [1.82, 2.24) is 0 Å². The van der Waals surface area contributed by atoms with Crippen LogP contribution in [0.2, 0.25) is 0 Å². The highest BCUT2D eigenvalue weighted by atomic mass is 32.2. The van der Waals surface area contributed by atoms with E-state index in [1.54, 1.807) is 12.1 Å². The van der Waals surface area contributed by atoms with Gasteiger partial charge in [0.1, 0.15) is 0 Å². The Balaban J connectivity index is 1.90. The summed E-state index contributed by atoms with van der Waals surface area (Å²) in [6.07, 6.45) is 2.08. The third-order valence-electron chi connectivity index (χ3n) is 5.91. The van der Waals surface area contributed by atoms with Crippen LogP contribution in [0.25, 0.3) is 0 Å². The molecule has 4 nitrogen and oxygen atoms in total. The van der Waals surface area contributed by atoms with Gasteiger partial charge in [0, 0.05) is 0 Å². The number of aliphatic carboxylic acids is 1. The van der Waals surface area contributed by atoms with Crippen LogP contribution >= 0.6 is 0 Å². The molecule has 0 aromatic heterocycles. The van der Waals surface area contributed by atoms with Crippen molar-refractivity contribution in [2.75, 3.05) is 0 Å². The van der Waals surface area contributed by atoms with Crippen molar-refractivity contribution in [1.29, 1.82) is 0 Å². The van der Waals surface area contributed by atoms with Crippen LogP contribution in [0.15, 0.2) is 47.4 Å². The normalized spacial score (nSPS) is 17.7. The molecule has 28 heavy (non-hydrogen) atoms. The number of fused-ring (bicyclic) bond motifs is 1. The summed E-state index contributed by atoms with van der Waals surface area (Å²) in [4.78, 5) is 11.0. The Kier molecular flexibility index (Phi) is 5.17. The highest BCUT2D eigenvalue weighted by molar-refractivity contribution is 7.90. The Morgan fingerprint density at radius 2 is 1.43 bits per heavy atom. The molecule has 0 aliphatic heterocycles. The largest absolute Gasteiger partial charge is 0.481 e. The van der Waals surface area contributed by atoms with Gasteiger partial charge in [0.2, 0.25) is 0 Å². The summed E-state index contributed by atoms with van der Waals surface area (Å²) in [5.41, 5.74) is 4.06. The van der Waals surface area contributed by atoms with E-state index < -0.39 is 15.8 Å². The maximum atomic E-state index is 12.9. The molecule has 1 aliphatic carbocycles. The van der Waals surface area contributed by atoms with Crippen molar-refractivity contribution in [3.8, 4) is 0 Å². The molecule has 0 saturated carbocycles. The number of carboxylic acids is 1. The minimum atomic E-state index is -3.50. The SMILES string of the molecule is CC1(C)CCC(C)(C)c2cc(CS(=O)(=O)c3ccc(CC(=O)O)cc3)ccc21. The average Bonchev–Trinajstić information content (AvgIpc) is 2.59. The zero-order valence-electron chi connectivity index (χ0n) is 17.0. The summed E-state index contributed by atoms with van der Waals surface area (Å²) < 4.78 is 25.8. The smallest absolute Gasteiger partial charge is 0.307 e. The lowest BCUT2D eigenvalue weighted by molar-refractivity contribution is -0.136. The third-order valence-corrected chi connectivity index (χ3v) is 7.62. The van der Waals surface area contributed by atoms with E-state index in [2.05, 4.69) is 39.8 Å². The van der Waals surface area contributed by atoms with Crippen LogP contribution in [0.1, 0.15) is 62.8 Å². The predicted molar refractivity (Wildman–Crippen MR) is 110 cm³/mol. The van der Waals surface area contributed by atoms with Crippen LogP contribution in [-0.2, 0) is 37.6 Å². The molecule has 0 unspecified atom stereocenters. The number of carbonyl (C=O) groups is 1. The van der Waals surface area contributed by atoms with E-state index in [0.717, 1.165) is 18.4 Å². The van der Waals surface area contributed by atoms with Gasteiger partial charge in [-0.15, -0.1) is 0 Å². The van der Waals surface area contributed by atoms with E-state index in [4.69, 9.17) is 5.11 Å². The summed E-state index contributed by atoms with van der Waals surface area (Å²) in [5.74, 6) is -0.995. The van der Waals surface area contributed by atoms with Crippen molar-refractivity contribution in [2.45, 2.75) is 68.4 Å². The summed E-state index contributed by atoms with van der Waals surface area (Å²) in [6.45, 7) is 8.94. The van der Waals surface area contributed by atoms with Crippen molar-refractivity contribution in [3.05, 3.63) is 64.7 Å². The van der Waals surface area contributed by atoms with Crippen molar-refractivity contribution in [2.24, 2.45) is 0 Å². The van der Waals surface area contributed by atoms with Crippen LogP contribution in [-0.4, -0.2) is 19.5 Å². The van der Waals surface area contributed by atoms with Crippen molar-refractivity contribution < 1.29 is 18.3 Å². The maximum Gasteiger partial charge on any atom is 0.307 e. The highest BCUT2D eigenvalue weighted by Crippen LogP contribution is 2.46. The number of hydrogen-bond donors (Lipinski definition) is 1. The fraction of sp³-hybridized carbons (Fsp3) is 0.435. The fourth-order valence-corrected chi connectivity index (χ4v) is 5.35. The molecule has 0 saturated heterocycles. The Morgan fingerprint density at radius 1 is 0.893 bits per heavy atom. The maximum absolute atomic E-state index is 12.9. The summed E-state index contributed by atoms with van der Waals surface area (Å²) in [5, 5.41) is 8.85. The monoisotopic (exact) mass is 400 g/mol. The Morgan fingerprint density at radius 3 is 2.00 bits per heavy atom. The molecule has 0 bridgehead atoms. The first-order valence-corrected chi connectivity index (χ1v) is 11.2. The van der Waals surface area contributed by atoms with Crippen molar-refractivity contribution in [3.63, 3.8) is 0 Å². The van der Waals surface area contributed by atoms with Crippen LogP contribution in [0, 0.1) is 0 Å². The molecule has 3 rings (SSSR count). The van der Waals surface area contributed by atoms with E-state index in [-0.39, 0.29) is 27.9 Å². The van der Waals surface area contributed by atoms with Gasteiger partial charge < -0.3 is 5.11 Å². The first kappa shape index (κ1) is 20.6. The van der Waals surface area contributed by atoms with Gasteiger partial charge in [0.25, 0.3) is 0 Å². The molecule has 1 N–H and O–H groups in total. The molecule has 5 heteroatoms. The number of sulfone groups is 1. The first-order valence-electron chi connectivity index (χ1n) is 9.58. The van der Waals surface area contributed by atoms with Gasteiger partial charge in [0.15, 0.2) is 9.84 Å². The highest BCUT2D eigenvalue weighted by Gasteiger charge is 2.37. The Labute approximate surface area is 167 Å². The van der Waals surface area contributed by atoms with Crippen LogP contribution in [0.3, 0.4) is 0 Å².